The third kappa shape index (κ3) is 4.35. The summed E-state index contributed by atoms with van der Waals surface area (Å²) in [7, 11) is 0. The van der Waals surface area contributed by atoms with E-state index in [1.165, 1.54) is 6.42 Å². The Morgan fingerprint density at radius 2 is 1.83 bits per heavy atom. The molecule has 2 aromatic rings. The van der Waals surface area contributed by atoms with Crippen molar-refractivity contribution in [3.8, 4) is 5.75 Å². The maximum absolute atomic E-state index is 12.8. The molecule has 0 spiro atoms. The van der Waals surface area contributed by atoms with E-state index in [-0.39, 0.29) is 36.5 Å². The summed E-state index contributed by atoms with van der Waals surface area (Å²) in [5.74, 6) is 0.646. The molecule has 1 aromatic heterocycles. The van der Waals surface area contributed by atoms with Gasteiger partial charge in [0.25, 0.3) is 11.8 Å². The molecule has 3 atom stereocenters. The third-order valence-corrected chi connectivity index (χ3v) is 6.29. The number of amides is 2. The second-order valence-electron chi connectivity index (χ2n) is 8.42. The first-order chi connectivity index (χ1) is 14.5. The molecule has 1 aromatic carbocycles. The second-order valence-corrected chi connectivity index (χ2v) is 8.42. The molecular formula is C23H30N4O3. The summed E-state index contributed by atoms with van der Waals surface area (Å²) in [5.41, 5.74) is 0.632. The number of aromatic nitrogens is 2. The van der Waals surface area contributed by atoms with Crippen LogP contribution in [0.2, 0.25) is 0 Å². The van der Waals surface area contributed by atoms with Gasteiger partial charge in [0, 0.05) is 43.1 Å². The summed E-state index contributed by atoms with van der Waals surface area (Å²) in [5, 5.41) is 4.29. The van der Waals surface area contributed by atoms with Crippen LogP contribution >= 0.6 is 0 Å². The van der Waals surface area contributed by atoms with Crippen molar-refractivity contribution < 1.29 is 14.3 Å². The Morgan fingerprint density at radius 3 is 2.50 bits per heavy atom. The Hall–Kier alpha value is -2.83. The number of rotatable bonds is 5. The number of carbonyl (C=O) groups excluding carboxylic acids is 2. The maximum atomic E-state index is 12.8. The summed E-state index contributed by atoms with van der Waals surface area (Å²) >= 11 is 0. The van der Waals surface area contributed by atoms with Crippen LogP contribution in [0.5, 0.6) is 5.75 Å². The highest BCUT2D eigenvalue weighted by Crippen LogP contribution is 2.24. The van der Waals surface area contributed by atoms with Crippen molar-refractivity contribution in [2.75, 3.05) is 19.7 Å². The number of carbonyl (C=O) groups is 2. The number of likely N-dealkylation sites (tertiary alicyclic amines) is 2. The molecule has 0 unspecified atom stereocenters. The van der Waals surface area contributed by atoms with Crippen molar-refractivity contribution in [1.82, 2.24) is 19.6 Å². The molecule has 30 heavy (non-hydrogen) atoms. The van der Waals surface area contributed by atoms with Crippen molar-refractivity contribution in [2.45, 2.75) is 57.7 Å². The van der Waals surface area contributed by atoms with Gasteiger partial charge in [0.1, 0.15) is 5.75 Å². The van der Waals surface area contributed by atoms with Crippen LogP contribution < -0.4 is 4.74 Å². The monoisotopic (exact) mass is 410 g/mol. The third-order valence-electron chi connectivity index (χ3n) is 6.29. The van der Waals surface area contributed by atoms with Crippen LogP contribution in [0.4, 0.5) is 0 Å². The zero-order valence-electron chi connectivity index (χ0n) is 17.7. The Kier molecular flexibility index (Phi) is 6.06. The molecule has 2 aliphatic heterocycles. The van der Waals surface area contributed by atoms with Gasteiger partial charge in [0.05, 0.1) is 6.04 Å². The lowest BCUT2D eigenvalue weighted by atomic mass is 9.97. The van der Waals surface area contributed by atoms with Crippen molar-refractivity contribution in [2.24, 2.45) is 0 Å². The average Bonchev–Trinajstić information content (AvgIpc) is 3.44. The molecule has 2 aliphatic rings. The van der Waals surface area contributed by atoms with E-state index in [1.54, 1.807) is 30.5 Å². The lowest BCUT2D eigenvalue weighted by molar-refractivity contribution is -0.139. The first kappa shape index (κ1) is 20.4. The van der Waals surface area contributed by atoms with E-state index < -0.39 is 0 Å². The number of hydrogen-bond acceptors (Lipinski definition) is 4. The number of benzene rings is 1. The highest BCUT2D eigenvalue weighted by Gasteiger charge is 2.30. The minimum absolute atomic E-state index is 0.0169. The lowest BCUT2D eigenvalue weighted by Crippen LogP contribution is -2.49. The molecule has 160 valence electrons. The van der Waals surface area contributed by atoms with Gasteiger partial charge in [0.2, 0.25) is 0 Å². The molecule has 2 fully saturated rings. The van der Waals surface area contributed by atoms with Crippen LogP contribution in [0.25, 0.3) is 0 Å². The predicted molar refractivity (Wildman–Crippen MR) is 113 cm³/mol. The first-order valence-electron chi connectivity index (χ1n) is 10.9. The number of piperidine rings is 1. The number of nitrogens with zero attached hydrogens (tertiary/aromatic N) is 4. The maximum Gasteiger partial charge on any atom is 0.260 e. The molecular weight excluding hydrogens is 380 g/mol. The summed E-state index contributed by atoms with van der Waals surface area (Å²) in [6.45, 7) is 5.62. The van der Waals surface area contributed by atoms with E-state index in [9.17, 15) is 9.59 Å². The predicted octanol–water partition coefficient (Wildman–Crippen LogP) is 3.14. The SMILES string of the molecule is C[C@@H]1CCC[C@@H](C)N1C(=O)COc1ccc(C(=O)N2CC[C@H](n3cccn3)C2)cc1. The van der Waals surface area contributed by atoms with E-state index in [0.29, 0.717) is 17.9 Å². The Morgan fingerprint density at radius 1 is 1.10 bits per heavy atom. The molecule has 3 heterocycles. The fraction of sp³-hybridized carbons (Fsp3) is 0.522. The van der Waals surface area contributed by atoms with E-state index in [4.69, 9.17) is 4.74 Å². The molecule has 0 N–H and O–H groups in total. The van der Waals surface area contributed by atoms with Crippen molar-refractivity contribution in [1.29, 1.82) is 0 Å². The van der Waals surface area contributed by atoms with Gasteiger partial charge >= 0.3 is 0 Å². The van der Waals surface area contributed by atoms with E-state index >= 15 is 0 Å². The fourth-order valence-electron chi connectivity index (χ4n) is 4.65. The Balaban J connectivity index is 1.31. The summed E-state index contributed by atoms with van der Waals surface area (Å²) < 4.78 is 7.64. The van der Waals surface area contributed by atoms with Gasteiger partial charge in [-0.25, -0.2) is 0 Å². The average molecular weight is 411 g/mol. The summed E-state index contributed by atoms with van der Waals surface area (Å²) in [6.07, 6.45) is 7.87. The van der Waals surface area contributed by atoms with Crippen LogP contribution in [0.15, 0.2) is 42.7 Å². The van der Waals surface area contributed by atoms with Gasteiger partial charge in [-0.2, -0.15) is 5.10 Å². The zero-order chi connectivity index (χ0) is 21.1. The number of hydrogen-bond donors (Lipinski definition) is 0. The highest BCUT2D eigenvalue weighted by atomic mass is 16.5. The van der Waals surface area contributed by atoms with Gasteiger partial charge in [0.15, 0.2) is 6.61 Å². The van der Waals surface area contributed by atoms with Gasteiger partial charge < -0.3 is 14.5 Å². The minimum Gasteiger partial charge on any atom is -0.484 e. The zero-order valence-corrected chi connectivity index (χ0v) is 17.7. The summed E-state index contributed by atoms with van der Waals surface area (Å²) in [4.78, 5) is 29.2. The Bertz CT molecular complexity index is 855. The van der Waals surface area contributed by atoms with Crippen LogP contribution in [-0.2, 0) is 4.79 Å². The van der Waals surface area contributed by atoms with Gasteiger partial charge in [-0.05, 0) is 69.9 Å². The standard InChI is InChI=1S/C23H30N4O3/c1-17-5-3-6-18(2)27(17)22(28)16-30-21-9-7-19(8-10-21)23(29)25-14-11-20(15-25)26-13-4-12-24-26/h4,7-10,12-13,17-18,20H,3,5-6,11,14-16H2,1-2H3/t17-,18-,20+/m1/s1. The largest absolute Gasteiger partial charge is 0.484 e. The van der Waals surface area contributed by atoms with Gasteiger partial charge in [-0.3, -0.25) is 14.3 Å². The molecule has 2 amide bonds. The highest BCUT2D eigenvalue weighted by molar-refractivity contribution is 5.94. The lowest BCUT2D eigenvalue weighted by Gasteiger charge is -2.38. The van der Waals surface area contributed by atoms with Crippen LogP contribution in [0.3, 0.4) is 0 Å². The molecule has 0 aliphatic carbocycles. The molecule has 4 rings (SSSR count). The van der Waals surface area contributed by atoms with E-state index in [2.05, 4.69) is 18.9 Å². The first-order valence-corrected chi connectivity index (χ1v) is 10.9. The fourth-order valence-corrected chi connectivity index (χ4v) is 4.65. The minimum atomic E-state index is 0.0169. The normalized spacial score (nSPS) is 24.1. The van der Waals surface area contributed by atoms with Gasteiger partial charge in [-0.15, -0.1) is 0 Å². The molecule has 2 saturated heterocycles. The molecule has 0 radical (unpaired) electrons. The van der Waals surface area contributed by atoms with Crippen LogP contribution in [0, 0.1) is 0 Å². The van der Waals surface area contributed by atoms with Crippen molar-refractivity contribution in [3.05, 3.63) is 48.3 Å². The molecule has 0 saturated carbocycles. The van der Waals surface area contributed by atoms with Gasteiger partial charge in [-0.1, -0.05) is 0 Å². The number of ether oxygens (including phenoxy) is 1. The second kappa shape index (κ2) is 8.90. The Labute approximate surface area is 177 Å². The smallest absolute Gasteiger partial charge is 0.260 e. The van der Waals surface area contributed by atoms with Crippen LogP contribution in [0.1, 0.15) is 55.9 Å². The quantitative estimate of drug-likeness (QED) is 0.760. The van der Waals surface area contributed by atoms with Crippen LogP contribution in [-0.4, -0.2) is 63.2 Å². The van der Waals surface area contributed by atoms with Crippen molar-refractivity contribution >= 4 is 11.8 Å². The van der Waals surface area contributed by atoms with Crippen molar-refractivity contribution in [3.63, 3.8) is 0 Å². The molecule has 7 nitrogen and oxygen atoms in total. The van der Waals surface area contributed by atoms with E-state index in [0.717, 1.165) is 25.8 Å². The van der Waals surface area contributed by atoms with E-state index in [1.807, 2.05) is 26.7 Å². The molecule has 0 bridgehead atoms. The topological polar surface area (TPSA) is 67.7 Å². The molecule has 7 heteroatoms. The summed E-state index contributed by atoms with van der Waals surface area (Å²) in [6, 6.07) is 9.74.